The molecule has 0 aromatic rings. The molecular formula is C7H14N2O2. The number of ether oxygens (including phenoxy) is 1. The molecule has 0 saturated carbocycles. The summed E-state index contributed by atoms with van der Waals surface area (Å²) in [5.41, 5.74) is 0. The Morgan fingerprint density at radius 3 is 2.91 bits per heavy atom. The van der Waals surface area contributed by atoms with E-state index in [-0.39, 0.29) is 18.1 Å². The van der Waals surface area contributed by atoms with Crippen LogP contribution in [-0.2, 0) is 9.53 Å². The van der Waals surface area contributed by atoms with Gasteiger partial charge in [0.25, 0.3) is 0 Å². The van der Waals surface area contributed by atoms with Crippen molar-refractivity contribution >= 4 is 5.91 Å². The summed E-state index contributed by atoms with van der Waals surface area (Å²) in [7, 11) is 1.61. The first kappa shape index (κ1) is 8.49. The molecule has 1 fully saturated rings. The lowest BCUT2D eigenvalue weighted by Crippen LogP contribution is -2.57. The number of hydrogen-bond donors (Lipinski definition) is 2. The highest BCUT2D eigenvalue weighted by molar-refractivity contribution is 5.83. The van der Waals surface area contributed by atoms with Gasteiger partial charge in [-0.15, -0.1) is 0 Å². The number of rotatable bonds is 2. The lowest BCUT2D eigenvalue weighted by Gasteiger charge is -2.27. The molecule has 0 aromatic carbocycles. The highest BCUT2D eigenvalue weighted by atomic mass is 16.5. The number of carbonyl (C=O) groups is 1. The Labute approximate surface area is 66.3 Å². The Morgan fingerprint density at radius 1 is 1.64 bits per heavy atom. The molecule has 64 valence electrons. The SMILES string of the molecule is CO[C@H](C)[C@@H]1NCCNC1=O. The van der Waals surface area contributed by atoms with Gasteiger partial charge in [0.15, 0.2) is 0 Å². The highest BCUT2D eigenvalue weighted by Crippen LogP contribution is 1.99. The van der Waals surface area contributed by atoms with Crippen molar-refractivity contribution in [3.05, 3.63) is 0 Å². The van der Waals surface area contributed by atoms with E-state index in [1.54, 1.807) is 7.11 Å². The fraction of sp³-hybridized carbons (Fsp3) is 0.857. The molecule has 0 aromatic heterocycles. The van der Waals surface area contributed by atoms with E-state index in [0.29, 0.717) is 6.54 Å². The van der Waals surface area contributed by atoms with Crippen molar-refractivity contribution in [3.63, 3.8) is 0 Å². The summed E-state index contributed by atoms with van der Waals surface area (Å²) in [5.74, 6) is 0.0330. The Morgan fingerprint density at radius 2 is 2.36 bits per heavy atom. The lowest BCUT2D eigenvalue weighted by molar-refractivity contribution is -0.127. The first-order valence-corrected chi connectivity index (χ1v) is 3.79. The monoisotopic (exact) mass is 158 g/mol. The average Bonchev–Trinajstić information content (AvgIpc) is 2.04. The van der Waals surface area contributed by atoms with Crippen molar-refractivity contribution in [1.29, 1.82) is 0 Å². The van der Waals surface area contributed by atoms with Crippen LogP contribution in [0.25, 0.3) is 0 Å². The Hall–Kier alpha value is -0.610. The van der Waals surface area contributed by atoms with E-state index in [1.165, 1.54) is 0 Å². The molecule has 2 atom stereocenters. The zero-order valence-corrected chi connectivity index (χ0v) is 6.89. The summed E-state index contributed by atoms with van der Waals surface area (Å²) in [4.78, 5) is 11.1. The molecule has 2 N–H and O–H groups in total. The van der Waals surface area contributed by atoms with Crippen molar-refractivity contribution in [2.75, 3.05) is 20.2 Å². The van der Waals surface area contributed by atoms with Crippen LogP contribution in [0.3, 0.4) is 0 Å². The third-order valence-corrected chi connectivity index (χ3v) is 1.91. The average molecular weight is 158 g/mol. The summed E-state index contributed by atoms with van der Waals surface area (Å²) in [6.45, 7) is 3.42. The number of amides is 1. The molecule has 0 unspecified atom stereocenters. The van der Waals surface area contributed by atoms with E-state index in [1.807, 2.05) is 6.92 Å². The summed E-state index contributed by atoms with van der Waals surface area (Å²) >= 11 is 0. The largest absolute Gasteiger partial charge is 0.380 e. The molecule has 1 saturated heterocycles. The fourth-order valence-corrected chi connectivity index (χ4v) is 1.13. The van der Waals surface area contributed by atoms with Crippen molar-refractivity contribution in [2.45, 2.75) is 19.1 Å². The van der Waals surface area contributed by atoms with Crippen LogP contribution in [0.1, 0.15) is 6.92 Å². The fourth-order valence-electron chi connectivity index (χ4n) is 1.13. The molecule has 0 aliphatic carbocycles. The predicted molar refractivity (Wildman–Crippen MR) is 41.3 cm³/mol. The van der Waals surface area contributed by atoms with Crippen LogP contribution < -0.4 is 10.6 Å². The number of nitrogens with one attached hydrogen (secondary N) is 2. The van der Waals surface area contributed by atoms with Gasteiger partial charge in [0.05, 0.1) is 6.10 Å². The molecule has 1 amide bonds. The van der Waals surface area contributed by atoms with E-state index in [2.05, 4.69) is 10.6 Å². The minimum atomic E-state index is -0.186. The molecule has 4 heteroatoms. The van der Waals surface area contributed by atoms with Gasteiger partial charge < -0.3 is 15.4 Å². The summed E-state index contributed by atoms with van der Waals surface area (Å²) in [6.07, 6.45) is -0.0599. The van der Waals surface area contributed by atoms with Gasteiger partial charge in [0.2, 0.25) is 5.91 Å². The van der Waals surface area contributed by atoms with E-state index < -0.39 is 0 Å². The molecule has 4 nitrogen and oxygen atoms in total. The van der Waals surface area contributed by atoms with E-state index in [0.717, 1.165) is 6.54 Å². The van der Waals surface area contributed by atoms with Crippen LogP contribution >= 0.6 is 0 Å². The van der Waals surface area contributed by atoms with Crippen molar-refractivity contribution < 1.29 is 9.53 Å². The van der Waals surface area contributed by atoms with Crippen LogP contribution in [0.2, 0.25) is 0 Å². The van der Waals surface area contributed by atoms with Crippen LogP contribution in [0.15, 0.2) is 0 Å². The number of carbonyl (C=O) groups excluding carboxylic acids is 1. The van der Waals surface area contributed by atoms with E-state index in [4.69, 9.17) is 4.74 Å². The molecule has 1 rings (SSSR count). The minimum Gasteiger partial charge on any atom is -0.380 e. The molecular weight excluding hydrogens is 144 g/mol. The van der Waals surface area contributed by atoms with Gasteiger partial charge in [-0.25, -0.2) is 0 Å². The van der Waals surface area contributed by atoms with Gasteiger partial charge in [-0.2, -0.15) is 0 Å². The lowest BCUT2D eigenvalue weighted by atomic mass is 10.1. The first-order chi connectivity index (χ1) is 5.25. The summed E-state index contributed by atoms with van der Waals surface area (Å²) < 4.78 is 5.04. The Kier molecular flexibility index (Phi) is 2.84. The topological polar surface area (TPSA) is 50.4 Å². The van der Waals surface area contributed by atoms with Crippen LogP contribution in [0.4, 0.5) is 0 Å². The minimum absolute atomic E-state index is 0.0330. The van der Waals surface area contributed by atoms with Gasteiger partial charge in [-0.3, -0.25) is 4.79 Å². The first-order valence-electron chi connectivity index (χ1n) is 3.79. The van der Waals surface area contributed by atoms with Crippen LogP contribution in [0, 0.1) is 0 Å². The number of methoxy groups -OCH3 is 1. The van der Waals surface area contributed by atoms with Crippen LogP contribution in [0.5, 0.6) is 0 Å². The summed E-state index contributed by atoms with van der Waals surface area (Å²) in [6, 6.07) is -0.186. The van der Waals surface area contributed by atoms with Crippen molar-refractivity contribution in [3.8, 4) is 0 Å². The zero-order valence-electron chi connectivity index (χ0n) is 6.89. The Balaban J connectivity index is 2.47. The second-order valence-electron chi connectivity index (χ2n) is 2.66. The second kappa shape index (κ2) is 3.69. The third kappa shape index (κ3) is 1.91. The summed E-state index contributed by atoms with van der Waals surface area (Å²) in [5, 5.41) is 5.85. The van der Waals surface area contributed by atoms with Crippen molar-refractivity contribution in [2.24, 2.45) is 0 Å². The van der Waals surface area contributed by atoms with E-state index in [9.17, 15) is 4.79 Å². The van der Waals surface area contributed by atoms with Gasteiger partial charge in [-0.1, -0.05) is 0 Å². The number of piperazine rings is 1. The second-order valence-corrected chi connectivity index (χ2v) is 2.66. The molecule has 0 bridgehead atoms. The third-order valence-electron chi connectivity index (χ3n) is 1.91. The van der Waals surface area contributed by atoms with Gasteiger partial charge in [0, 0.05) is 20.2 Å². The molecule has 1 aliphatic rings. The zero-order chi connectivity index (χ0) is 8.27. The molecule has 0 spiro atoms. The van der Waals surface area contributed by atoms with Gasteiger partial charge in [0.1, 0.15) is 6.04 Å². The smallest absolute Gasteiger partial charge is 0.239 e. The van der Waals surface area contributed by atoms with E-state index >= 15 is 0 Å². The standard InChI is InChI=1S/C7H14N2O2/c1-5(11-2)6-7(10)9-4-3-8-6/h5-6,8H,3-4H2,1-2H3,(H,9,10)/t5-,6+/m1/s1. The molecule has 1 heterocycles. The van der Waals surface area contributed by atoms with Crippen molar-refractivity contribution in [1.82, 2.24) is 10.6 Å². The number of hydrogen-bond acceptors (Lipinski definition) is 3. The maximum absolute atomic E-state index is 11.1. The predicted octanol–water partition coefficient (Wildman–Crippen LogP) is -0.891. The normalized spacial score (nSPS) is 27.8. The molecule has 1 aliphatic heterocycles. The van der Waals surface area contributed by atoms with Gasteiger partial charge in [-0.05, 0) is 6.92 Å². The Bertz CT molecular complexity index is 149. The molecule has 11 heavy (non-hydrogen) atoms. The highest BCUT2D eigenvalue weighted by Gasteiger charge is 2.26. The quantitative estimate of drug-likeness (QED) is 0.548. The molecule has 0 radical (unpaired) electrons. The maximum Gasteiger partial charge on any atom is 0.239 e. The van der Waals surface area contributed by atoms with Crippen LogP contribution in [-0.4, -0.2) is 38.3 Å². The van der Waals surface area contributed by atoms with Gasteiger partial charge >= 0.3 is 0 Å². The maximum atomic E-state index is 11.1.